The monoisotopic (exact) mass is 757 g/mol. The van der Waals surface area contributed by atoms with Crippen molar-refractivity contribution in [2.24, 2.45) is 5.41 Å². The number of Topliss-reactive ketones (excluding diaryl/α,β-unsaturated/α-hetero) is 1. The van der Waals surface area contributed by atoms with Crippen LogP contribution in [0.15, 0.2) is 60.7 Å². The van der Waals surface area contributed by atoms with Crippen molar-refractivity contribution in [2.45, 2.75) is 98.1 Å². The molecule has 0 aliphatic carbocycles. The highest BCUT2D eigenvalue weighted by molar-refractivity contribution is 6.38. The second kappa shape index (κ2) is 18.1. The summed E-state index contributed by atoms with van der Waals surface area (Å²) in [7, 11) is 0. The van der Waals surface area contributed by atoms with Crippen LogP contribution in [0.4, 0.5) is 11.4 Å². The van der Waals surface area contributed by atoms with Gasteiger partial charge in [0, 0.05) is 29.9 Å². The number of likely N-dealkylation sites (tertiary alicyclic amines) is 1. The van der Waals surface area contributed by atoms with Crippen molar-refractivity contribution in [2.75, 3.05) is 35.8 Å². The van der Waals surface area contributed by atoms with Gasteiger partial charge in [0.15, 0.2) is 6.61 Å². The van der Waals surface area contributed by atoms with E-state index >= 15 is 0 Å². The van der Waals surface area contributed by atoms with Gasteiger partial charge in [0.2, 0.25) is 11.7 Å². The molecule has 11 heteroatoms. The van der Waals surface area contributed by atoms with Crippen molar-refractivity contribution in [3.05, 3.63) is 88.5 Å². The third kappa shape index (κ3) is 9.88. The van der Waals surface area contributed by atoms with Crippen LogP contribution in [0.25, 0.3) is 0 Å². The minimum atomic E-state index is -0.862. The lowest BCUT2D eigenvalue weighted by atomic mass is 9.84. The van der Waals surface area contributed by atoms with E-state index in [9.17, 15) is 24.0 Å². The first-order valence-corrected chi connectivity index (χ1v) is 19.5. The molecule has 10 nitrogen and oxygen atoms in total. The molecule has 0 radical (unpaired) electrons. The first-order chi connectivity index (χ1) is 25.8. The lowest BCUT2D eigenvalue weighted by molar-refractivity contribution is -0.164. The molecule has 1 saturated heterocycles. The summed E-state index contributed by atoms with van der Waals surface area (Å²) < 4.78 is 12.1. The van der Waals surface area contributed by atoms with Gasteiger partial charge in [-0.1, -0.05) is 51.1 Å². The van der Waals surface area contributed by atoms with E-state index in [1.807, 2.05) is 25.1 Å². The fourth-order valence-electron chi connectivity index (χ4n) is 6.93. The number of carbonyl (C=O) groups excluding carboxylic acids is 5. The van der Waals surface area contributed by atoms with E-state index in [2.05, 4.69) is 37.4 Å². The largest absolute Gasteiger partial charge is 0.484 e. The molecule has 2 atom stereocenters. The van der Waals surface area contributed by atoms with Gasteiger partial charge in [-0.15, -0.1) is 11.6 Å². The molecular formula is C43H52ClN3O7. The van der Waals surface area contributed by atoms with Crippen molar-refractivity contribution >= 4 is 52.4 Å². The minimum Gasteiger partial charge on any atom is -0.484 e. The van der Waals surface area contributed by atoms with Crippen molar-refractivity contribution < 1.29 is 33.4 Å². The maximum Gasteiger partial charge on any atom is 0.329 e. The van der Waals surface area contributed by atoms with Gasteiger partial charge >= 0.3 is 5.97 Å². The van der Waals surface area contributed by atoms with Gasteiger partial charge < -0.3 is 24.6 Å². The molecule has 0 spiro atoms. The summed E-state index contributed by atoms with van der Waals surface area (Å²) in [5, 5.41) is 2.90. The fourth-order valence-corrected chi connectivity index (χ4v) is 7.07. The first-order valence-electron chi connectivity index (χ1n) is 18.9. The van der Waals surface area contributed by atoms with E-state index in [1.165, 1.54) is 16.0 Å². The van der Waals surface area contributed by atoms with Crippen molar-refractivity contribution in [3.63, 3.8) is 0 Å². The molecule has 0 bridgehead atoms. The average Bonchev–Trinajstić information content (AvgIpc) is 3.18. The van der Waals surface area contributed by atoms with Gasteiger partial charge in [0.05, 0.1) is 0 Å². The summed E-state index contributed by atoms with van der Waals surface area (Å²) in [6.07, 6.45) is 4.37. The summed E-state index contributed by atoms with van der Waals surface area (Å²) >= 11 is 5.80. The topological polar surface area (TPSA) is 122 Å². The van der Waals surface area contributed by atoms with E-state index in [0.717, 1.165) is 36.1 Å². The molecule has 3 amide bonds. The normalized spacial score (nSPS) is 16.2. The number of hydrogen-bond acceptors (Lipinski definition) is 7. The number of esters is 1. The number of nitrogens with one attached hydrogen (secondary N) is 1. The molecule has 0 unspecified atom stereocenters. The number of ether oxygens (including phenoxy) is 2. The Hall–Kier alpha value is -4.70. The molecule has 1 N–H and O–H groups in total. The van der Waals surface area contributed by atoms with Crippen LogP contribution in [0.2, 0.25) is 0 Å². The summed E-state index contributed by atoms with van der Waals surface area (Å²) in [5.74, 6) is -1.77. The number of anilines is 2. The number of aryl methyl sites for hydroxylation is 4. The molecule has 0 aromatic heterocycles. The van der Waals surface area contributed by atoms with Gasteiger partial charge in [-0.2, -0.15) is 0 Å². The molecule has 2 heterocycles. The molecule has 2 aliphatic heterocycles. The molecular weight excluding hydrogens is 706 g/mol. The predicted octanol–water partition coefficient (Wildman–Crippen LogP) is 7.44. The summed E-state index contributed by atoms with van der Waals surface area (Å²) in [6, 6.07) is 18.0. The number of carbonyl (C=O) groups is 5. The van der Waals surface area contributed by atoms with E-state index in [-0.39, 0.29) is 24.3 Å². The van der Waals surface area contributed by atoms with Gasteiger partial charge in [0.25, 0.3) is 11.8 Å². The Balaban J connectivity index is 1.30. The Morgan fingerprint density at radius 2 is 1.74 bits per heavy atom. The Bertz CT molecular complexity index is 1880. The van der Waals surface area contributed by atoms with E-state index in [4.69, 9.17) is 21.1 Å². The quantitative estimate of drug-likeness (QED) is 0.103. The maximum absolute atomic E-state index is 13.9. The summed E-state index contributed by atoms with van der Waals surface area (Å²) in [5.41, 5.74) is 5.60. The van der Waals surface area contributed by atoms with Crippen LogP contribution < -0.4 is 15.0 Å². The van der Waals surface area contributed by atoms with Crippen LogP contribution in [0, 0.1) is 19.3 Å². The highest BCUT2D eigenvalue weighted by Gasteiger charge is 2.41. The number of piperidine rings is 1. The lowest BCUT2D eigenvalue weighted by Gasteiger charge is -2.36. The highest BCUT2D eigenvalue weighted by Crippen LogP contribution is 2.32. The van der Waals surface area contributed by atoms with Gasteiger partial charge in [-0.3, -0.25) is 19.2 Å². The Morgan fingerprint density at radius 1 is 0.944 bits per heavy atom. The van der Waals surface area contributed by atoms with E-state index in [0.29, 0.717) is 62.2 Å². The Morgan fingerprint density at radius 3 is 2.48 bits per heavy atom. The van der Waals surface area contributed by atoms with Crippen molar-refractivity contribution in [3.8, 4) is 5.75 Å². The number of fused-ring (bicyclic) bond motifs is 1. The van der Waals surface area contributed by atoms with Crippen molar-refractivity contribution in [1.29, 1.82) is 0 Å². The zero-order chi connectivity index (χ0) is 39.0. The number of halogens is 1. The highest BCUT2D eigenvalue weighted by atomic mass is 35.5. The fraction of sp³-hybridized carbons (Fsp3) is 0.465. The van der Waals surface area contributed by atoms with Gasteiger partial charge in [-0.05, 0) is 123 Å². The molecule has 2 aliphatic rings. The number of amides is 3. The number of hydrogen-bond donors (Lipinski definition) is 1. The van der Waals surface area contributed by atoms with Gasteiger partial charge in [0.1, 0.15) is 23.8 Å². The van der Waals surface area contributed by atoms with Crippen LogP contribution in [-0.2, 0) is 41.6 Å². The van der Waals surface area contributed by atoms with Crippen LogP contribution in [0.3, 0.4) is 0 Å². The number of rotatable bonds is 14. The third-order valence-corrected chi connectivity index (χ3v) is 11.0. The zero-order valence-corrected chi connectivity index (χ0v) is 32.8. The average molecular weight is 758 g/mol. The summed E-state index contributed by atoms with van der Waals surface area (Å²) in [4.78, 5) is 69.0. The summed E-state index contributed by atoms with van der Waals surface area (Å²) in [6.45, 7) is 10.2. The molecule has 54 heavy (non-hydrogen) atoms. The molecule has 3 aromatic rings. The standard InChI is InChI=1S/C43H52ClN3O7/c1-6-43(4,5)40(50)41(51)47-21-8-7-14-36(47)42(52)54-37(20-17-30-16-15-28(2)29(3)23-30)32-11-9-13-33(24-32)45-38(48)27-53-34-18-19-35-31(25-34)12-10-22-46(35)39(49)26-44/h9,11,13,15-16,18-19,23-25,36-37H,6-8,10,12,14,17,20-22,26-27H2,1-5H3,(H,45,48)/t36-,37+/m0/s1. The zero-order valence-electron chi connectivity index (χ0n) is 32.0. The van der Waals surface area contributed by atoms with Crippen molar-refractivity contribution in [1.82, 2.24) is 4.90 Å². The molecule has 0 saturated carbocycles. The SMILES string of the molecule is CCC(C)(C)C(=O)C(=O)N1CCCC[C@H]1C(=O)O[C@H](CCc1ccc(C)c(C)c1)c1cccc(NC(=O)COc2ccc3c(c2)CCCN3C(=O)CCl)c1. The third-order valence-electron chi connectivity index (χ3n) is 10.8. The minimum absolute atomic E-state index is 0.0886. The predicted molar refractivity (Wildman–Crippen MR) is 210 cm³/mol. The second-order valence-electron chi connectivity index (χ2n) is 15.0. The van der Waals surface area contributed by atoms with Crippen LogP contribution >= 0.6 is 11.6 Å². The Labute approximate surface area is 323 Å². The maximum atomic E-state index is 13.9. The van der Waals surface area contributed by atoms with E-state index < -0.39 is 35.2 Å². The Kier molecular flexibility index (Phi) is 13.6. The van der Waals surface area contributed by atoms with Crippen LogP contribution in [0.5, 0.6) is 5.75 Å². The molecule has 288 valence electrons. The van der Waals surface area contributed by atoms with Crippen LogP contribution in [-0.4, -0.2) is 66.0 Å². The molecule has 5 rings (SSSR count). The number of alkyl halides is 1. The second-order valence-corrected chi connectivity index (χ2v) is 15.3. The number of benzene rings is 3. The molecule has 1 fully saturated rings. The molecule has 3 aromatic carbocycles. The van der Waals surface area contributed by atoms with Gasteiger partial charge in [-0.25, -0.2) is 4.79 Å². The smallest absolute Gasteiger partial charge is 0.329 e. The number of nitrogens with zero attached hydrogens (tertiary/aromatic N) is 2. The lowest BCUT2D eigenvalue weighted by Crippen LogP contribution is -2.53. The van der Waals surface area contributed by atoms with Crippen LogP contribution in [0.1, 0.15) is 93.2 Å². The van der Waals surface area contributed by atoms with E-state index in [1.54, 1.807) is 43.0 Å². The number of ketones is 1. The first kappa shape index (κ1) is 40.5.